The monoisotopic (exact) mass is 212 g/mol. The Morgan fingerprint density at radius 2 is 2.14 bits per heavy atom. The molecule has 1 aromatic carbocycles. The first-order chi connectivity index (χ1) is 6.45. The molecule has 0 aliphatic rings. The zero-order valence-corrected chi connectivity index (χ0v) is 8.71. The fourth-order valence-electron chi connectivity index (χ4n) is 1.22. The Morgan fingerprint density at radius 1 is 1.50 bits per heavy atom. The van der Waals surface area contributed by atoms with Crippen molar-refractivity contribution in [2.24, 2.45) is 0 Å². The molecular weight excluding hydrogens is 200 g/mol. The minimum absolute atomic E-state index is 0.0307. The van der Waals surface area contributed by atoms with E-state index in [1.54, 1.807) is 19.1 Å². The third-order valence-corrected chi connectivity index (χ3v) is 2.91. The van der Waals surface area contributed by atoms with Crippen LogP contribution >= 0.6 is 0 Å². The summed E-state index contributed by atoms with van der Waals surface area (Å²) in [4.78, 5) is -0.0307. The SMILES string of the molecule is C=CCc1ccc(C)c(S(=O)(=O)O)c1. The zero-order chi connectivity index (χ0) is 10.8. The maximum atomic E-state index is 10.9. The number of allylic oxidation sites excluding steroid dienone is 1. The van der Waals surface area contributed by atoms with Gasteiger partial charge in [-0.05, 0) is 30.5 Å². The first kappa shape index (κ1) is 10.9. The normalized spacial score (nSPS) is 11.3. The molecule has 1 N–H and O–H groups in total. The summed E-state index contributed by atoms with van der Waals surface area (Å²) in [5.41, 5.74) is 1.36. The van der Waals surface area contributed by atoms with Gasteiger partial charge >= 0.3 is 0 Å². The maximum Gasteiger partial charge on any atom is 0.294 e. The number of rotatable bonds is 3. The highest BCUT2D eigenvalue weighted by molar-refractivity contribution is 7.85. The van der Waals surface area contributed by atoms with Crippen molar-refractivity contribution in [1.29, 1.82) is 0 Å². The van der Waals surface area contributed by atoms with E-state index in [2.05, 4.69) is 6.58 Å². The molecule has 0 aliphatic carbocycles. The van der Waals surface area contributed by atoms with Gasteiger partial charge in [-0.15, -0.1) is 6.58 Å². The molecule has 4 heteroatoms. The Kier molecular flexibility index (Phi) is 3.08. The third-order valence-electron chi connectivity index (χ3n) is 1.91. The lowest BCUT2D eigenvalue weighted by molar-refractivity contribution is 0.482. The lowest BCUT2D eigenvalue weighted by Crippen LogP contribution is -2.01. The molecule has 76 valence electrons. The van der Waals surface area contributed by atoms with Crippen LogP contribution in [-0.2, 0) is 16.5 Å². The molecule has 0 bridgehead atoms. The summed E-state index contributed by atoms with van der Waals surface area (Å²) in [6.45, 7) is 5.20. The van der Waals surface area contributed by atoms with Crippen LogP contribution in [0.3, 0.4) is 0 Å². The van der Waals surface area contributed by atoms with Crippen LogP contribution in [0.4, 0.5) is 0 Å². The summed E-state index contributed by atoms with van der Waals surface area (Å²) in [7, 11) is -4.11. The van der Waals surface area contributed by atoms with E-state index >= 15 is 0 Å². The molecule has 0 fully saturated rings. The van der Waals surface area contributed by atoms with Gasteiger partial charge in [0.05, 0.1) is 4.90 Å². The molecule has 0 spiro atoms. The van der Waals surface area contributed by atoms with E-state index in [0.717, 1.165) is 5.56 Å². The summed E-state index contributed by atoms with van der Waals surface area (Å²) in [6.07, 6.45) is 2.27. The predicted octanol–water partition coefficient (Wildman–Crippen LogP) is 1.97. The minimum Gasteiger partial charge on any atom is -0.282 e. The van der Waals surface area contributed by atoms with Gasteiger partial charge in [0.25, 0.3) is 10.1 Å². The zero-order valence-electron chi connectivity index (χ0n) is 7.90. The molecular formula is C10H12O3S. The third kappa shape index (κ3) is 2.43. The summed E-state index contributed by atoms with van der Waals surface area (Å²) in [6, 6.07) is 4.94. The Morgan fingerprint density at radius 3 is 2.64 bits per heavy atom. The van der Waals surface area contributed by atoms with Crippen LogP contribution in [0.25, 0.3) is 0 Å². The second-order valence-electron chi connectivity index (χ2n) is 3.07. The summed E-state index contributed by atoms with van der Waals surface area (Å²) < 4.78 is 30.8. The Balaban J connectivity index is 3.29. The highest BCUT2D eigenvalue weighted by Crippen LogP contribution is 2.17. The molecule has 0 heterocycles. The lowest BCUT2D eigenvalue weighted by atomic mass is 10.1. The van der Waals surface area contributed by atoms with Crippen LogP contribution in [0.1, 0.15) is 11.1 Å². The summed E-state index contributed by atoms with van der Waals surface area (Å²) >= 11 is 0. The van der Waals surface area contributed by atoms with Gasteiger partial charge in [0.2, 0.25) is 0 Å². The van der Waals surface area contributed by atoms with Crippen molar-refractivity contribution >= 4 is 10.1 Å². The van der Waals surface area contributed by atoms with Crippen molar-refractivity contribution in [1.82, 2.24) is 0 Å². The van der Waals surface area contributed by atoms with Crippen LogP contribution in [0, 0.1) is 6.92 Å². The summed E-state index contributed by atoms with van der Waals surface area (Å²) in [5, 5.41) is 0. The van der Waals surface area contributed by atoms with Gasteiger partial charge in [0, 0.05) is 0 Å². The highest BCUT2D eigenvalue weighted by Gasteiger charge is 2.12. The number of aryl methyl sites for hydroxylation is 1. The first-order valence-corrected chi connectivity index (χ1v) is 5.57. The second-order valence-corrected chi connectivity index (χ2v) is 4.46. The molecule has 0 saturated carbocycles. The van der Waals surface area contributed by atoms with Crippen molar-refractivity contribution < 1.29 is 13.0 Å². The average Bonchev–Trinajstić information content (AvgIpc) is 2.07. The van der Waals surface area contributed by atoms with Crippen LogP contribution in [0.15, 0.2) is 35.7 Å². The smallest absolute Gasteiger partial charge is 0.282 e. The molecule has 0 atom stereocenters. The molecule has 0 unspecified atom stereocenters. The van der Waals surface area contributed by atoms with E-state index in [1.807, 2.05) is 6.07 Å². The van der Waals surface area contributed by atoms with E-state index in [9.17, 15) is 8.42 Å². The Labute approximate surface area is 83.8 Å². The van der Waals surface area contributed by atoms with Gasteiger partial charge in [-0.3, -0.25) is 4.55 Å². The minimum atomic E-state index is -4.11. The largest absolute Gasteiger partial charge is 0.294 e. The van der Waals surface area contributed by atoms with Crippen molar-refractivity contribution in [3.63, 3.8) is 0 Å². The Hall–Kier alpha value is -1.13. The molecule has 3 nitrogen and oxygen atoms in total. The molecule has 0 radical (unpaired) electrons. The lowest BCUT2D eigenvalue weighted by Gasteiger charge is -2.04. The van der Waals surface area contributed by atoms with Gasteiger partial charge in [-0.25, -0.2) is 0 Å². The van der Waals surface area contributed by atoms with Crippen LogP contribution in [0.2, 0.25) is 0 Å². The first-order valence-electron chi connectivity index (χ1n) is 4.13. The molecule has 0 aromatic heterocycles. The van der Waals surface area contributed by atoms with Crippen LogP contribution in [-0.4, -0.2) is 13.0 Å². The number of hydrogen-bond donors (Lipinski definition) is 1. The van der Waals surface area contributed by atoms with Crippen molar-refractivity contribution in [2.75, 3.05) is 0 Å². The van der Waals surface area contributed by atoms with Gasteiger partial charge in [-0.1, -0.05) is 18.2 Å². The van der Waals surface area contributed by atoms with Crippen LogP contribution in [0.5, 0.6) is 0 Å². The van der Waals surface area contributed by atoms with E-state index in [1.165, 1.54) is 6.07 Å². The van der Waals surface area contributed by atoms with E-state index < -0.39 is 10.1 Å². The highest BCUT2D eigenvalue weighted by atomic mass is 32.2. The van der Waals surface area contributed by atoms with Gasteiger partial charge in [0.15, 0.2) is 0 Å². The fraction of sp³-hybridized carbons (Fsp3) is 0.200. The van der Waals surface area contributed by atoms with Crippen molar-refractivity contribution in [2.45, 2.75) is 18.2 Å². The van der Waals surface area contributed by atoms with Crippen molar-refractivity contribution in [3.05, 3.63) is 42.0 Å². The molecule has 14 heavy (non-hydrogen) atoms. The summed E-state index contributed by atoms with van der Waals surface area (Å²) in [5.74, 6) is 0. The molecule has 0 aliphatic heterocycles. The molecule has 0 saturated heterocycles. The maximum absolute atomic E-state index is 10.9. The quantitative estimate of drug-likeness (QED) is 0.615. The number of benzene rings is 1. The average molecular weight is 212 g/mol. The number of hydrogen-bond acceptors (Lipinski definition) is 2. The molecule has 1 rings (SSSR count). The van der Waals surface area contributed by atoms with Gasteiger partial charge < -0.3 is 0 Å². The van der Waals surface area contributed by atoms with E-state index in [0.29, 0.717) is 12.0 Å². The second kappa shape index (κ2) is 3.94. The molecule has 1 aromatic rings. The van der Waals surface area contributed by atoms with Crippen LogP contribution < -0.4 is 0 Å². The van der Waals surface area contributed by atoms with Gasteiger partial charge in [0.1, 0.15) is 0 Å². The topological polar surface area (TPSA) is 54.4 Å². The predicted molar refractivity (Wildman–Crippen MR) is 54.9 cm³/mol. The van der Waals surface area contributed by atoms with Crippen molar-refractivity contribution in [3.8, 4) is 0 Å². The Bertz CT molecular complexity index is 446. The van der Waals surface area contributed by atoms with E-state index in [-0.39, 0.29) is 4.90 Å². The molecule has 0 amide bonds. The fourth-order valence-corrected chi connectivity index (χ4v) is 1.99. The van der Waals surface area contributed by atoms with E-state index in [4.69, 9.17) is 4.55 Å². The van der Waals surface area contributed by atoms with Gasteiger partial charge in [-0.2, -0.15) is 8.42 Å². The standard InChI is InChI=1S/C10H12O3S/c1-3-4-9-6-5-8(2)10(7-9)14(11,12)13/h3,5-7H,1,4H2,2H3,(H,11,12,13).